The molecular formula is C11H13F3N4O3. The molecule has 0 bridgehead atoms. The molecule has 7 nitrogen and oxygen atoms in total. The van der Waals surface area contributed by atoms with Gasteiger partial charge in [-0.15, -0.1) is 0 Å². The van der Waals surface area contributed by atoms with Crippen LogP contribution in [0.25, 0.3) is 0 Å². The first kappa shape index (κ1) is 16.5. The molecule has 1 heterocycles. The highest BCUT2D eigenvalue weighted by Crippen LogP contribution is 2.18. The molecule has 0 aliphatic rings. The molecular weight excluding hydrogens is 293 g/mol. The molecule has 1 atom stereocenters. The fraction of sp³-hybridized carbons (Fsp3) is 0.364. The number of aromatic nitrogens is 1. The molecule has 0 saturated heterocycles. The van der Waals surface area contributed by atoms with E-state index >= 15 is 0 Å². The molecule has 4 N–H and O–H groups in total. The Morgan fingerprint density at radius 3 is 2.57 bits per heavy atom. The van der Waals surface area contributed by atoms with Gasteiger partial charge < -0.3 is 21.1 Å². The zero-order valence-electron chi connectivity index (χ0n) is 10.9. The van der Waals surface area contributed by atoms with Crippen molar-refractivity contribution < 1.29 is 27.5 Å². The smallest absolute Gasteiger partial charge is 0.422 e. The van der Waals surface area contributed by atoms with Gasteiger partial charge in [0.25, 0.3) is 0 Å². The normalized spacial score (nSPS) is 12.4. The number of hydrogen-bond donors (Lipinski definition) is 3. The van der Waals surface area contributed by atoms with Gasteiger partial charge in [-0.1, -0.05) is 0 Å². The standard InChI is InChI=1S/C11H13F3N4O3/c1-6(17-10(15)20)9(19)18-7-2-3-8(16-4-7)21-5-11(12,13)14/h2-4,6H,5H2,1H3,(H,18,19)(H3,15,17,20)/t6-/m1/s1. The van der Waals surface area contributed by atoms with E-state index < -0.39 is 30.8 Å². The van der Waals surface area contributed by atoms with E-state index in [-0.39, 0.29) is 11.6 Å². The van der Waals surface area contributed by atoms with Crippen LogP contribution in [0.5, 0.6) is 5.88 Å². The molecule has 10 heteroatoms. The summed E-state index contributed by atoms with van der Waals surface area (Å²) in [5.41, 5.74) is 5.10. The fourth-order valence-electron chi connectivity index (χ4n) is 1.22. The number of amides is 3. The minimum atomic E-state index is -4.45. The lowest BCUT2D eigenvalue weighted by Gasteiger charge is -2.12. The Morgan fingerprint density at radius 1 is 1.43 bits per heavy atom. The molecule has 116 valence electrons. The number of ether oxygens (including phenoxy) is 1. The number of alkyl halides is 3. The molecule has 1 aromatic rings. The summed E-state index contributed by atoms with van der Waals surface area (Å²) in [6, 6.07) is 0.761. The van der Waals surface area contributed by atoms with E-state index in [1.807, 2.05) is 0 Å². The Morgan fingerprint density at radius 2 is 2.10 bits per heavy atom. The number of carbonyl (C=O) groups excluding carboxylic acids is 2. The first-order chi connectivity index (χ1) is 9.67. The topological polar surface area (TPSA) is 106 Å². The van der Waals surface area contributed by atoms with Gasteiger partial charge in [0.2, 0.25) is 11.8 Å². The average Bonchev–Trinajstić information content (AvgIpc) is 2.36. The van der Waals surface area contributed by atoms with Crippen LogP contribution in [0.1, 0.15) is 6.92 Å². The third-order valence-corrected chi connectivity index (χ3v) is 2.14. The van der Waals surface area contributed by atoms with E-state index in [0.29, 0.717) is 0 Å². The van der Waals surface area contributed by atoms with Crippen molar-refractivity contribution in [2.24, 2.45) is 5.73 Å². The van der Waals surface area contributed by atoms with Crippen LogP contribution in [0, 0.1) is 0 Å². The van der Waals surface area contributed by atoms with Gasteiger partial charge in [0.1, 0.15) is 6.04 Å². The summed E-state index contributed by atoms with van der Waals surface area (Å²) in [5, 5.41) is 4.56. The highest BCUT2D eigenvalue weighted by molar-refractivity contribution is 5.96. The Kier molecular flexibility index (Phi) is 5.33. The van der Waals surface area contributed by atoms with Crippen molar-refractivity contribution in [3.05, 3.63) is 18.3 Å². The van der Waals surface area contributed by atoms with Gasteiger partial charge in [-0.25, -0.2) is 9.78 Å². The van der Waals surface area contributed by atoms with Crippen molar-refractivity contribution >= 4 is 17.6 Å². The minimum Gasteiger partial charge on any atom is -0.468 e. The van der Waals surface area contributed by atoms with E-state index in [1.54, 1.807) is 0 Å². The molecule has 0 saturated carbocycles. The molecule has 0 aromatic carbocycles. The van der Waals surface area contributed by atoms with Gasteiger partial charge in [0.05, 0.1) is 11.9 Å². The molecule has 21 heavy (non-hydrogen) atoms. The third-order valence-electron chi connectivity index (χ3n) is 2.14. The lowest BCUT2D eigenvalue weighted by atomic mass is 10.3. The van der Waals surface area contributed by atoms with Gasteiger partial charge in [-0.05, 0) is 13.0 Å². The molecule has 0 aliphatic heterocycles. The van der Waals surface area contributed by atoms with Crippen LogP contribution in [0.15, 0.2) is 18.3 Å². The van der Waals surface area contributed by atoms with Crippen LogP contribution in [-0.2, 0) is 4.79 Å². The number of rotatable bonds is 5. The summed E-state index contributed by atoms with van der Waals surface area (Å²) >= 11 is 0. The Bertz CT molecular complexity index is 504. The van der Waals surface area contributed by atoms with E-state index in [9.17, 15) is 22.8 Å². The lowest BCUT2D eigenvalue weighted by Crippen LogP contribution is -2.44. The molecule has 3 amide bonds. The highest BCUT2D eigenvalue weighted by atomic mass is 19.4. The van der Waals surface area contributed by atoms with Gasteiger partial charge in [0.15, 0.2) is 6.61 Å². The number of urea groups is 1. The third kappa shape index (κ3) is 6.45. The number of hydrogen-bond acceptors (Lipinski definition) is 4. The molecule has 1 aromatic heterocycles. The monoisotopic (exact) mass is 306 g/mol. The van der Waals surface area contributed by atoms with E-state index in [4.69, 9.17) is 5.73 Å². The summed E-state index contributed by atoms with van der Waals surface area (Å²) in [5.74, 6) is -0.784. The second-order valence-electron chi connectivity index (χ2n) is 4.01. The lowest BCUT2D eigenvalue weighted by molar-refractivity contribution is -0.154. The summed E-state index contributed by atoms with van der Waals surface area (Å²) in [4.78, 5) is 25.8. The zero-order chi connectivity index (χ0) is 16.0. The number of primary amides is 1. The van der Waals surface area contributed by atoms with E-state index in [0.717, 1.165) is 6.20 Å². The molecule has 1 rings (SSSR count). The first-order valence-corrected chi connectivity index (χ1v) is 5.70. The second-order valence-corrected chi connectivity index (χ2v) is 4.01. The predicted molar refractivity (Wildman–Crippen MR) is 66.6 cm³/mol. The maximum absolute atomic E-state index is 11.9. The van der Waals surface area contributed by atoms with Crippen molar-refractivity contribution in [3.8, 4) is 5.88 Å². The second kappa shape index (κ2) is 6.77. The number of anilines is 1. The van der Waals surface area contributed by atoms with Crippen molar-refractivity contribution in [1.82, 2.24) is 10.3 Å². The van der Waals surface area contributed by atoms with Crippen molar-refractivity contribution in [2.45, 2.75) is 19.1 Å². The van der Waals surface area contributed by atoms with Gasteiger partial charge in [-0.3, -0.25) is 4.79 Å². The summed E-state index contributed by atoms with van der Waals surface area (Å²) < 4.78 is 40.2. The number of nitrogens with one attached hydrogen (secondary N) is 2. The predicted octanol–water partition coefficient (Wildman–Crippen LogP) is 1.02. The van der Waals surface area contributed by atoms with Crippen molar-refractivity contribution in [3.63, 3.8) is 0 Å². The van der Waals surface area contributed by atoms with Gasteiger partial charge in [0, 0.05) is 6.07 Å². The van der Waals surface area contributed by atoms with Gasteiger partial charge in [-0.2, -0.15) is 13.2 Å². The van der Waals surface area contributed by atoms with Crippen molar-refractivity contribution in [1.29, 1.82) is 0 Å². The number of pyridine rings is 1. The molecule has 0 aliphatic carbocycles. The number of halogens is 3. The quantitative estimate of drug-likeness (QED) is 0.755. The zero-order valence-corrected chi connectivity index (χ0v) is 10.9. The Labute approximate surface area is 117 Å². The van der Waals surface area contributed by atoms with Crippen LogP contribution in [0.2, 0.25) is 0 Å². The average molecular weight is 306 g/mol. The molecule has 0 spiro atoms. The number of carbonyl (C=O) groups is 2. The number of nitrogens with zero attached hydrogens (tertiary/aromatic N) is 1. The van der Waals surface area contributed by atoms with Crippen LogP contribution in [0.4, 0.5) is 23.7 Å². The van der Waals surface area contributed by atoms with Crippen molar-refractivity contribution in [2.75, 3.05) is 11.9 Å². The summed E-state index contributed by atoms with van der Waals surface area (Å²) in [6.45, 7) is -0.0421. The molecule has 0 fully saturated rings. The molecule has 0 unspecified atom stereocenters. The minimum absolute atomic E-state index is 0.228. The Balaban J connectivity index is 2.54. The van der Waals surface area contributed by atoms with Gasteiger partial charge >= 0.3 is 12.2 Å². The van der Waals surface area contributed by atoms with Crippen LogP contribution in [0.3, 0.4) is 0 Å². The fourth-order valence-corrected chi connectivity index (χ4v) is 1.22. The van der Waals surface area contributed by atoms with Crippen LogP contribution < -0.4 is 21.1 Å². The maximum atomic E-state index is 11.9. The van der Waals surface area contributed by atoms with E-state index in [2.05, 4.69) is 20.4 Å². The van der Waals surface area contributed by atoms with Crippen LogP contribution >= 0.6 is 0 Å². The highest BCUT2D eigenvalue weighted by Gasteiger charge is 2.28. The van der Waals surface area contributed by atoms with E-state index in [1.165, 1.54) is 19.1 Å². The Hall–Kier alpha value is -2.52. The molecule has 0 radical (unpaired) electrons. The number of nitrogens with two attached hydrogens (primary N) is 1. The van der Waals surface area contributed by atoms with Crippen LogP contribution in [-0.4, -0.2) is 35.7 Å². The summed E-state index contributed by atoms with van der Waals surface area (Å²) in [7, 11) is 0. The maximum Gasteiger partial charge on any atom is 0.422 e. The first-order valence-electron chi connectivity index (χ1n) is 5.70. The SMILES string of the molecule is C[C@@H](NC(N)=O)C(=O)Nc1ccc(OCC(F)(F)F)nc1. The largest absolute Gasteiger partial charge is 0.468 e. The summed E-state index contributed by atoms with van der Waals surface area (Å²) in [6.07, 6.45) is -3.33.